The first kappa shape index (κ1) is 14.8. The van der Waals surface area contributed by atoms with Crippen molar-refractivity contribution in [3.63, 3.8) is 0 Å². The van der Waals surface area contributed by atoms with Gasteiger partial charge in [0.15, 0.2) is 0 Å². The molecule has 0 aliphatic heterocycles. The Balaban J connectivity index is 0.00000196. The van der Waals surface area contributed by atoms with Crippen LogP contribution in [-0.2, 0) is 4.79 Å². The SMILES string of the molecule is O=C([O-])[C@]1(O)C/C(=N/O)[C@@H](O)[C@H](O)C1.[Na+]. The second-order valence-corrected chi connectivity index (χ2v) is 3.30. The number of nitrogens with zero attached hydrogens (tertiary/aromatic N) is 1. The maximum Gasteiger partial charge on any atom is 1.00 e. The normalized spacial score (nSPS) is 38.5. The summed E-state index contributed by atoms with van der Waals surface area (Å²) in [5, 5.41) is 49.3. The van der Waals surface area contributed by atoms with Crippen molar-refractivity contribution in [2.75, 3.05) is 0 Å². The summed E-state index contributed by atoms with van der Waals surface area (Å²) in [6.45, 7) is 0. The fraction of sp³-hybridized carbons (Fsp3) is 0.714. The van der Waals surface area contributed by atoms with Gasteiger partial charge < -0.3 is 30.4 Å². The number of aliphatic hydroxyl groups is 3. The van der Waals surface area contributed by atoms with E-state index in [1.165, 1.54) is 0 Å². The smallest absolute Gasteiger partial charge is 0.547 e. The van der Waals surface area contributed by atoms with Gasteiger partial charge in [0, 0.05) is 12.8 Å². The van der Waals surface area contributed by atoms with Crippen molar-refractivity contribution in [3.8, 4) is 0 Å². The van der Waals surface area contributed by atoms with Crippen molar-refractivity contribution in [1.82, 2.24) is 0 Å². The predicted molar refractivity (Wildman–Crippen MR) is 40.4 cm³/mol. The Hall–Kier alpha value is -0.180. The van der Waals surface area contributed by atoms with E-state index in [1.54, 1.807) is 0 Å². The molecule has 1 aliphatic rings. The number of hydrogen-bond acceptors (Lipinski definition) is 7. The van der Waals surface area contributed by atoms with Gasteiger partial charge in [0.25, 0.3) is 0 Å². The maximum absolute atomic E-state index is 10.5. The van der Waals surface area contributed by atoms with E-state index in [-0.39, 0.29) is 35.3 Å². The molecule has 0 unspecified atom stereocenters. The summed E-state index contributed by atoms with van der Waals surface area (Å²) in [6.07, 6.45) is -4.07. The minimum atomic E-state index is -2.29. The van der Waals surface area contributed by atoms with Gasteiger partial charge in [0.2, 0.25) is 0 Å². The Morgan fingerprint density at radius 1 is 1.53 bits per heavy atom. The Morgan fingerprint density at radius 3 is 2.47 bits per heavy atom. The predicted octanol–water partition coefficient (Wildman–Crippen LogP) is -6.18. The third kappa shape index (κ3) is 2.90. The van der Waals surface area contributed by atoms with E-state index in [1.807, 2.05) is 0 Å². The quantitative estimate of drug-likeness (QED) is 0.200. The summed E-state index contributed by atoms with van der Waals surface area (Å²) in [7, 11) is 0. The number of carboxylic acid groups (broad SMARTS) is 1. The molecule has 3 atom stereocenters. The molecule has 1 fully saturated rings. The van der Waals surface area contributed by atoms with Gasteiger partial charge in [-0.15, -0.1) is 0 Å². The first-order valence-corrected chi connectivity index (χ1v) is 3.91. The van der Waals surface area contributed by atoms with Crippen LogP contribution in [0.4, 0.5) is 0 Å². The van der Waals surface area contributed by atoms with Gasteiger partial charge in [-0.3, -0.25) is 0 Å². The van der Waals surface area contributed by atoms with Gasteiger partial charge >= 0.3 is 29.6 Å². The number of hydrogen-bond donors (Lipinski definition) is 4. The fourth-order valence-electron chi connectivity index (χ4n) is 1.41. The van der Waals surface area contributed by atoms with Gasteiger partial charge in [-0.05, 0) is 0 Å². The van der Waals surface area contributed by atoms with E-state index in [0.29, 0.717) is 0 Å². The summed E-state index contributed by atoms with van der Waals surface area (Å²) in [6, 6.07) is 0. The van der Waals surface area contributed by atoms with Gasteiger partial charge in [-0.2, -0.15) is 0 Å². The molecule has 7 nitrogen and oxygen atoms in total. The summed E-state index contributed by atoms with van der Waals surface area (Å²) < 4.78 is 0. The maximum atomic E-state index is 10.5. The molecule has 0 bridgehead atoms. The van der Waals surface area contributed by atoms with Crippen LogP contribution in [0.2, 0.25) is 0 Å². The summed E-state index contributed by atoms with van der Waals surface area (Å²) in [5.41, 5.74) is -2.67. The van der Waals surface area contributed by atoms with E-state index in [4.69, 9.17) is 5.21 Å². The van der Waals surface area contributed by atoms with E-state index in [2.05, 4.69) is 5.16 Å². The zero-order chi connectivity index (χ0) is 10.9. The van der Waals surface area contributed by atoms with Crippen LogP contribution in [0, 0.1) is 0 Å². The van der Waals surface area contributed by atoms with Crippen molar-refractivity contribution in [1.29, 1.82) is 0 Å². The van der Waals surface area contributed by atoms with E-state index in [9.17, 15) is 25.2 Å². The first-order valence-electron chi connectivity index (χ1n) is 3.91. The van der Waals surface area contributed by atoms with E-state index >= 15 is 0 Å². The molecule has 1 rings (SSSR count). The molecule has 0 saturated heterocycles. The van der Waals surface area contributed by atoms with Crippen molar-refractivity contribution < 1.29 is 60.0 Å². The minimum Gasteiger partial charge on any atom is -0.547 e. The Kier molecular flexibility index (Phi) is 5.18. The number of carboxylic acids is 1. The fourth-order valence-corrected chi connectivity index (χ4v) is 1.41. The number of carbonyl (C=O) groups excluding carboxylic acids is 1. The standard InChI is InChI=1S/C7H11NO6.Na/c9-4-2-7(13,6(11)12)1-3(8-14)5(4)10;/h4-5,9-10,13-14H,1-2H2,(H,11,12);/q;+1/p-1/b8-3-;/t4-,5-,7+;/m1./s1. The Labute approximate surface area is 107 Å². The van der Waals surface area contributed by atoms with Crippen LogP contribution in [-0.4, -0.2) is 50.0 Å². The molecule has 0 amide bonds. The van der Waals surface area contributed by atoms with Crippen molar-refractivity contribution in [3.05, 3.63) is 0 Å². The molecule has 0 heterocycles. The third-order valence-electron chi connectivity index (χ3n) is 2.23. The number of carbonyl (C=O) groups is 1. The molecule has 0 aromatic rings. The van der Waals surface area contributed by atoms with Gasteiger partial charge in [-0.1, -0.05) is 5.16 Å². The summed E-state index contributed by atoms with van der Waals surface area (Å²) >= 11 is 0. The zero-order valence-corrected chi connectivity index (χ0v) is 10.1. The number of aliphatic carboxylic acids is 1. The zero-order valence-electron chi connectivity index (χ0n) is 8.12. The monoisotopic (exact) mass is 227 g/mol. The number of aliphatic hydroxyl groups excluding tert-OH is 2. The molecule has 0 radical (unpaired) electrons. The number of oxime groups is 1. The van der Waals surface area contributed by atoms with Crippen molar-refractivity contribution in [2.24, 2.45) is 5.16 Å². The average molecular weight is 227 g/mol. The third-order valence-corrected chi connectivity index (χ3v) is 2.23. The molecular weight excluding hydrogens is 217 g/mol. The first-order chi connectivity index (χ1) is 6.40. The molecular formula is C7H10NNaO6. The van der Waals surface area contributed by atoms with E-state index in [0.717, 1.165) is 0 Å². The van der Waals surface area contributed by atoms with Crippen LogP contribution >= 0.6 is 0 Å². The van der Waals surface area contributed by atoms with Crippen LogP contribution in [0.3, 0.4) is 0 Å². The molecule has 0 spiro atoms. The van der Waals surface area contributed by atoms with E-state index < -0.39 is 36.6 Å². The molecule has 0 aromatic carbocycles. The number of rotatable bonds is 1. The minimum absolute atomic E-state index is 0. The molecule has 15 heavy (non-hydrogen) atoms. The molecule has 1 saturated carbocycles. The van der Waals surface area contributed by atoms with Gasteiger partial charge in [-0.25, -0.2) is 0 Å². The van der Waals surface area contributed by atoms with Crippen molar-refractivity contribution in [2.45, 2.75) is 30.7 Å². The molecule has 8 heteroatoms. The molecule has 80 valence electrons. The van der Waals surface area contributed by atoms with Gasteiger partial charge in [0.1, 0.15) is 11.7 Å². The van der Waals surface area contributed by atoms with Crippen molar-refractivity contribution >= 4 is 11.7 Å². The van der Waals surface area contributed by atoms with Crippen LogP contribution in [0.25, 0.3) is 0 Å². The topological polar surface area (TPSA) is 133 Å². The van der Waals surface area contributed by atoms with Crippen LogP contribution in [0.5, 0.6) is 0 Å². The molecule has 0 aromatic heterocycles. The van der Waals surface area contributed by atoms with Crippen LogP contribution < -0.4 is 34.7 Å². The van der Waals surface area contributed by atoms with Crippen LogP contribution in [0.1, 0.15) is 12.8 Å². The van der Waals surface area contributed by atoms with Gasteiger partial charge in [0.05, 0.1) is 17.8 Å². The second-order valence-electron chi connectivity index (χ2n) is 3.30. The molecule has 1 aliphatic carbocycles. The Bertz CT molecular complexity index is 283. The largest absolute Gasteiger partial charge is 1.00 e. The molecule has 4 N–H and O–H groups in total. The second kappa shape index (κ2) is 5.24. The summed E-state index contributed by atoms with van der Waals surface area (Å²) in [5.74, 6) is -1.77. The average Bonchev–Trinajstić information content (AvgIpc) is 2.11. The van der Waals surface area contributed by atoms with Crippen LogP contribution in [0.15, 0.2) is 5.16 Å². The summed E-state index contributed by atoms with van der Waals surface area (Å²) in [4.78, 5) is 10.5. The Morgan fingerprint density at radius 2 is 2.07 bits per heavy atom.